The van der Waals surface area contributed by atoms with Gasteiger partial charge in [0.05, 0.1) is 7.11 Å². The summed E-state index contributed by atoms with van der Waals surface area (Å²) >= 11 is 0. The van der Waals surface area contributed by atoms with Crippen molar-refractivity contribution in [1.82, 2.24) is 9.80 Å². The van der Waals surface area contributed by atoms with Gasteiger partial charge in [-0.25, -0.2) is 14.0 Å². The lowest BCUT2D eigenvalue weighted by Crippen LogP contribution is -2.52. The van der Waals surface area contributed by atoms with Crippen LogP contribution in [-0.4, -0.2) is 60.8 Å². The minimum absolute atomic E-state index is 0.358. The molecule has 6 nitrogen and oxygen atoms in total. The molecule has 0 radical (unpaired) electrons. The Hall–Kier alpha value is -2.15. The zero-order chi connectivity index (χ0) is 18.6. The minimum atomic E-state index is -0.619. The summed E-state index contributed by atoms with van der Waals surface area (Å²) in [5.41, 5.74) is 0.121. The molecule has 0 aromatic heterocycles. The van der Waals surface area contributed by atoms with Gasteiger partial charge in [-0.05, 0) is 38.5 Å². The van der Waals surface area contributed by atoms with Crippen LogP contribution in [0.5, 0.6) is 0 Å². The highest BCUT2D eigenvalue weighted by Crippen LogP contribution is 2.24. The van der Waals surface area contributed by atoms with Crippen LogP contribution in [0.3, 0.4) is 0 Å². The summed E-state index contributed by atoms with van der Waals surface area (Å²) in [6, 6.07) is 5.19. The molecule has 0 bridgehead atoms. The maximum atomic E-state index is 13.2. The van der Waals surface area contributed by atoms with E-state index in [2.05, 4.69) is 0 Å². The Morgan fingerprint density at radius 1 is 1.08 bits per heavy atom. The number of methoxy groups -OCH3 is 1. The second-order valence-electron chi connectivity index (χ2n) is 6.98. The van der Waals surface area contributed by atoms with Gasteiger partial charge in [-0.2, -0.15) is 0 Å². The first-order valence-corrected chi connectivity index (χ1v) is 8.26. The van der Waals surface area contributed by atoms with Gasteiger partial charge in [0.15, 0.2) is 0 Å². The summed E-state index contributed by atoms with van der Waals surface area (Å²) in [6.45, 7) is 7.36. The number of benzene rings is 1. The maximum absolute atomic E-state index is 13.2. The number of halogens is 1. The molecule has 2 rings (SSSR count). The number of amides is 1. The van der Waals surface area contributed by atoms with Crippen LogP contribution in [0.25, 0.3) is 0 Å². The Balaban J connectivity index is 2.06. The van der Waals surface area contributed by atoms with E-state index < -0.39 is 17.6 Å². The van der Waals surface area contributed by atoms with Crippen molar-refractivity contribution in [3.63, 3.8) is 0 Å². The molecule has 1 aromatic rings. The van der Waals surface area contributed by atoms with E-state index in [0.717, 1.165) is 0 Å². The van der Waals surface area contributed by atoms with E-state index in [1.165, 1.54) is 19.2 Å². The number of carbonyl (C=O) groups excluding carboxylic acids is 2. The summed E-state index contributed by atoms with van der Waals surface area (Å²) in [7, 11) is 1.33. The van der Waals surface area contributed by atoms with E-state index in [-0.39, 0.29) is 11.9 Å². The van der Waals surface area contributed by atoms with Gasteiger partial charge in [0, 0.05) is 26.2 Å². The standard InChI is InChI=1S/C18H25FN2O4/c1-18(2,3)25-17(23)21-11-9-20(10-12-21)15(16(22)24-4)13-5-7-14(19)8-6-13/h5-8,15H,9-12H2,1-4H3/t15-/m1/s1. The molecule has 1 aromatic carbocycles. The predicted molar refractivity (Wildman–Crippen MR) is 90.5 cm³/mol. The number of piperazine rings is 1. The smallest absolute Gasteiger partial charge is 0.410 e. The Labute approximate surface area is 147 Å². The monoisotopic (exact) mass is 352 g/mol. The highest BCUT2D eigenvalue weighted by molar-refractivity contribution is 5.77. The van der Waals surface area contributed by atoms with Gasteiger partial charge in [0.1, 0.15) is 17.5 Å². The second-order valence-corrected chi connectivity index (χ2v) is 6.98. The zero-order valence-corrected chi connectivity index (χ0v) is 15.1. The lowest BCUT2D eigenvalue weighted by atomic mass is 10.0. The Morgan fingerprint density at radius 3 is 2.12 bits per heavy atom. The molecule has 1 heterocycles. The highest BCUT2D eigenvalue weighted by Gasteiger charge is 2.33. The molecule has 1 atom stereocenters. The molecule has 0 unspecified atom stereocenters. The van der Waals surface area contributed by atoms with Crippen LogP contribution in [0.2, 0.25) is 0 Å². The summed E-state index contributed by atoms with van der Waals surface area (Å²) in [6.07, 6.45) is -0.358. The second kappa shape index (κ2) is 7.82. The number of carbonyl (C=O) groups is 2. The fourth-order valence-corrected chi connectivity index (χ4v) is 2.74. The number of hydrogen-bond donors (Lipinski definition) is 0. The predicted octanol–water partition coefficient (Wildman–Crippen LogP) is 2.59. The Bertz CT molecular complexity index is 604. The third-order valence-electron chi connectivity index (χ3n) is 3.94. The van der Waals surface area contributed by atoms with E-state index >= 15 is 0 Å². The lowest BCUT2D eigenvalue weighted by molar-refractivity contribution is -0.148. The van der Waals surface area contributed by atoms with Crippen molar-refractivity contribution in [2.45, 2.75) is 32.4 Å². The van der Waals surface area contributed by atoms with E-state index in [0.29, 0.717) is 31.7 Å². The van der Waals surface area contributed by atoms with E-state index in [4.69, 9.17) is 9.47 Å². The minimum Gasteiger partial charge on any atom is -0.468 e. The molecule has 0 N–H and O–H groups in total. The van der Waals surface area contributed by atoms with Crippen molar-refractivity contribution < 1.29 is 23.5 Å². The molecule has 1 aliphatic rings. The largest absolute Gasteiger partial charge is 0.468 e. The molecule has 138 valence electrons. The van der Waals surface area contributed by atoms with Crippen molar-refractivity contribution in [2.24, 2.45) is 0 Å². The molecule has 1 fully saturated rings. The third kappa shape index (κ3) is 5.16. The van der Waals surface area contributed by atoms with Crippen LogP contribution in [0.4, 0.5) is 9.18 Å². The number of rotatable bonds is 3. The van der Waals surface area contributed by atoms with Gasteiger partial charge >= 0.3 is 12.1 Å². The molecule has 25 heavy (non-hydrogen) atoms. The molecular formula is C18H25FN2O4. The molecule has 1 amide bonds. The van der Waals surface area contributed by atoms with Gasteiger partial charge in [-0.1, -0.05) is 12.1 Å². The molecule has 7 heteroatoms. The van der Waals surface area contributed by atoms with Crippen molar-refractivity contribution in [1.29, 1.82) is 0 Å². The molecule has 1 aliphatic heterocycles. The molecule has 0 spiro atoms. The Morgan fingerprint density at radius 2 is 1.64 bits per heavy atom. The van der Waals surface area contributed by atoms with E-state index in [9.17, 15) is 14.0 Å². The number of nitrogens with zero attached hydrogens (tertiary/aromatic N) is 2. The molecule has 0 aliphatic carbocycles. The van der Waals surface area contributed by atoms with Crippen LogP contribution in [0, 0.1) is 5.82 Å². The van der Waals surface area contributed by atoms with Gasteiger partial charge in [-0.15, -0.1) is 0 Å². The van der Waals surface area contributed by atoms with Crippen LogP contribution < -0.4 is 0 Å². The highest BCUT2D eigenvalue weighted by atomic mass is 19.1. The number of ether oxygens (including phenoxy) is 2. The maximum Gasteiger partial charge on any atom is 0.410 e. The fraction of sp³-hybridized carbons (Fsp3) is 0.556. The summed E-state index contributed by atoms with van der Waals surface area (Å²) in [4.78, 5) is 27.9. The average Bonchev–Trinajstić information content (AvgIpc) is 2.55. The summed E-state index contributed by atoms with van der Waals surface area (Å²) in [5, 5.41) is 0. The topological polar surface area (TPSA) is 59.1 Å². The van der Waals surface area contributed by atoms with Gasteiger partial charge in [0.25, 0.3) is 0 Å². The van der Waals surface area contributed by atoms with Crippen LogP contribution in [-0.2, 0) is 14.3 Å². The molecule has 0 saturated carbocycles. The SMILES string of the molecule is COC(=O)[C@@H](c1ccc(F)cc1)N1CCN(C(=O)OC(C)(C)C)CC1. The van der Waals surface area contributed by atoms with Crippen LogP contribution in [0.15, 0.2) is 24.3 Å². The quantitative estimate of drug-likeness (QED) is 0.783. The fourth-order valence-electron chi connectivity index (χ4n) is 2.74. The van der Waals surface area contributed by atoms with Crippen molar-refractivity contribution in [2.75, 3.05) is 33.3 Å². The summed E-state index contributed by atoms with van der Waals surface area (Å²) < 4.78 is 23.4. The number of esters is 1. The third-order valence-corrected chi connectivity index (χ3v) is 3.94. The van der Waals surface area contributed by atoms with Gasteiger partial charge < -0.3 is 14.4 Å². The van der Waals surface area contributed by atoms with Crippen molar-refractivity contribution >= 4 is 12.1 Å². The molecular weight excluding hydrogens is 327 g/mol. The van der Waals surface area contributed by atoms with E-state index in [1.807, 2.05) is 25.7 Å². The summed E-state index contributed by atoms with van der Waals surface area (Å²) in [5.74, 6) is -0.764. The zero-order valence-electron chi connectivity index (χ0n) is 15.1. The Kier molecular flexibility index (Phi) is 6.00. The lowest BCUT2D eigenvalue weighted by Gasteiger charge is -2.38. The first-order valence-electron chi connectivity index (χ1n) is 8.26. The van der Waals surface area contributed by atoms with Crippen molar-refractivity contribution in [3.8, 4) is 0 Å². The number of hydrogen-bond acceptors (Lipinski definition) is 5. The van der Waals surface area contributed by atoms with Crippen molar-refractivity contribution in [3.05, 3.63) is 35.6 Å². The van der Waals surface area contributed by atoms with Gasteiger partial charge in [-0.3, -0.25) is 4.90 Å². The average molecular weight is 352 g/mol. The first-order chi connectivity index (χ1) is 11.7. The first kappa shape index (κ1) is 19.2. The normalized spacial score (nSPS) is 17.1. The van der Waals surface area contributed by atoms with Crippen LogP contribution >= 0.6 is 0 Å². The van der Waals surface area contributed by atoms with Crippen LogP contribution in [0.1, 0.15) is 32.4 Å². The van der Waals surface area contributed by atoms with Gasteiger partial charge in [0.2, 0.25) is 0 Å². The molecule has 1 saturated heterocycles. The van der Waals surface area contributed by atoms with E-state index in [1.54, 1.807) is 17.0 Å².